The van der Waals surface area contributed by atoms with Gasteiger partial charge in [0, 0.05) is 41.9 Å². The number of carbonyl (C=O) groups excluding carboxylic acids is 3. The second-order valence-corrected chi connectivity index (χ2v) is 7.94. The molecule has 2 aromatic rings. The Labute approximate surface area is 189 Å². The number of anilines is 1. The topological polar surface area (TPSA) is 133 Å². The first-order chi connectivity index (χ1) is 15.2. The van der Waals surface area contributed by atoms with E-state index < -0.39 is 28.9 Å². The van der Waals surface area contributed by atoms with Crippen LogP contribution in [0.5, 0.6) is 0 Å². The third-order valence-electron chi connectivity index (χ3n) is 5.71. The summed E-state index contributed by atoms with van der Waals surface area (Å²) >= 11 is 6.38. The molecule has 3 rings (SSSR count). The zero-order chi connectivity index (χ0) is 23.5. The van der Waals surface area contributed by atoms with E-state index in [0.29, 0.717) is 29.8 Å². The Morgan fingerprint density at radius 2 is 1.97 bits per heavy atom. The molecule has 0 heterocycles. The van der Waals surface area contributed by atoms with Crippen LogP contribution >= 0.6 is 11.6 Å². The van der Waals surface area contributed by atoms with E-state index in [1.54, 1.807) is 24.3 Å². The third kappa shape index (κ3) is 4.29. The number of hydrogen-bond acceptors (Lipinski definition) is 7. The molecule has 32 heavy (non-hydrogen) atoms. The minimum Gasteiger partial charge on any atom is -0.452 e. The van der Waals surface area contributed by atoms with E-state index in [9.17, 15) is 24.5 Å². The number of ether oxygens (including phenoxy) is 1. The molecule has 0 saturated heterocycles. The van der Waals surface area contributed by atoms with Crippen molar-refractivity contribution in [3.05, 3.63) is 68.7 Å². The molecule has 0 spiro atoms. The number of Topliss-reactive ketones (excluding diaryl/α,β-unsaturated/α-hetero) is 1. The van der Waals surface area contributed by atoms with Gasteiger partial charge in [-0.1, -0.05) is 29.8 Å². The maximum atomic E-state index is 13.1. The van der Waals surface area contributed by atoms with Crippen LogP contribution in [0, 0.1) is 10.1 Å². The second-order valence-electron chi connectivity index (χ2n) is 7.53. The number of rotatable bonds is 6. The number of nitrogens with two attached hydrogens (primary N) is 1. The van der Waals surface area contributed by atoms with E-state index in [-0.39, 0.29) is 22.7 Å². The van der Waals surface area contributed by atoms with Gasteiger partial charge in [0.2, 0.25) is 0 Å². The number of non-ortho nitro benzene ring substituents is 1. The molecule has 1 amide bonds. The summed E-state index contributed by atoms with van der Waals surface area (Å²) < 4.78 is 5.09. The van der Waals surface area contributed by atoms with Crippen molar-refractivity contribution in [3.63, 3.8) is 0 Å². The fraction of sp³-hybridized carbons (Fsp3) is 0.318. The highest BCUT2D eigenvalue weighted by atomic mass is 35.5. The first kappa shape index (κ1) is 23.2. The van der Waals surface area contributed by atoms with Crippen LogP contribution in [0.2, 0.25) is 5.02 Å². The SMILES string of the molecule is CN(C(=O)COC(=O)c1cc([N+](=O)[O-])ccc1N)C1(c2ccccc2Cl)CCCCC1=O. The number of nitro groups is 1. The van der Waals surface area contributed by atoms with Gasteiger partial charge in [0.15, 0.2) is 12.4 Å². The van der Waals surface area contributed by atoms with E-state index in [1.807, 2.05) is 0 Å². The number of esters is 1. The standard InChI is InChI=1S/C22H22ClN3O6/c1-25(22(11-5-4-8-19(22)27)16-6-2-3-7-17(16)23)20(28)13-32-21(29)15-12-14(26(30)31)9-10-18(15)24/h2-3,6-7,9-10,12H,4-5,8,11,13,24H2,1H3. The number of hydrogen-bond donors (Lipinski definition) is 1. The lowest BCUT2D eigenvalue weighted by Gasteiger charge is -2.43. The molecular formula is C22H22ClN3O6. The quantitative estimate of drug-likeness (QED) is 0.302. The van der Waals surface area contributed by atoms with Crippen molar-refractivity contribution in [2.75, 3.05) is 19.4 Å². The number of amides is 1. The molecular weight excluding hydrogens is 438 g/mol. The molecule has 10 heteroatoms. The minimum atomic E-state index is -1.26. The Morgan fingerprint density at radius 3 is 2.62 bits per heavy atom. The lowest BCUT2D eigenvalue weighted by Crippen LogP contribution is -2.55. The zero-order valence-electron chi connectivity index (χ0n) is 17.4. The zero-order valence-corrected chi connectivity index (χ0v) is 18.1. The Kier molecular flexibility index (Phi) is 6.78. The maximum Gasteiger partial charge on any atom is 0.341 e. The lowest BCUT2D eigenvalue weighted by atomic mass is 9.74. The molecule has 1 saturated carbocycles. The van der Waals surface area contributed by atoms with E-state index in [2.05, 4.69) is 0 Å². The second kappa shape index (κ2) is 9.35. The summed E-state index contributed by atoms with van der Waals surface area (Å²) in [6, 6.07) is 10.2. The normalized spacial score (nSPS) is 18.1. The van der Waals surface area contributed by atoms with E-state index in [1.165, 1.54) is 18.0 Å². The molecule has 0 aliphatic heterocycles. The molecule has 0 bridgehead atoms. The monoisotopic (exact) mass is 459 g/mol. The first-order valence-electron chi connectivity index (χ1n) is 9.94. The average Bonchev–Trinajstić information content (AvgIpc) is 2.78. The molecule has 1 aliphatic carbocycles. The fourth-order valence-electron chi connectivity index (χ4n) is 3.98. The van der Waals surface area contributed by atoms with Crippen molar-refractivity contribution in [2.45, 2.75) is 31.2 Å². The summed E-state index contributed by atoms with van der Waals surface area (Å²) in [5.41, 5.74) is 4.42. The molecule has 1 fully saturated rings. The lowest BCUT2D eigenvalue weighted by molar-refractivity contribution is -0.384. The van der Waals surface area contributed by atoms with Gasteiger partial charge in [-0.15, -0.1) is 0 Å². The molecule has 1 atom stereocenters. The van der Waals surface area contributed by atoms with Crippen molar-refractivity contribution in [1.29, 1.82) is 0 Å². The minimum absolute atomic E-state index is 0.0172. The molecule has 1 aliphatic rings. The Balaban J connectivity index is 1.83. The first-order valence-corrected chi connectivity index (χ1v) is 10.3. The highest BCUT2D eigenvalue weighted by Crippen LogP contribution is 2.42. The molecule has 2 aromatic carbocycles. The van der Waals surface area contributed by atoms with Crippen LogP contribution in [-0.4, -0.2) is 41.1 Å². The average molecular weight is 460 g/mol. The number of likely N-dealkylation sites (N-methyl/N-ethyl adjacent to an activating group) is 1. The number of nitro benzene ring substituents is 1. The van der Waals surface area contributed by atoms with Gasteiger partial charge in [0.25, 0.3) is 11.6 Å². The van der Waals surface area contributed by atoms with E-state index >= 15 is 0 Å². The van der Waals surface area contributed by atoms with Gasteiger partial charge in [-0.2, -0.15) is 0 Å². The van der Waals surface area contributed by atoms with Crippen LogP contribution in [0.1, 0.15) is 41.6 Å². The number of benzene rings is 2. The van der Waals surface area contributed by atoms with Gasteiger partial charge >= 0.3 is 5.97 Å². The summed E-state index contributed by atoms with van der Waals surface area (Å²) in [6.07, 6.45) is 2.13. The largest absolute Gasteiger partial charge is 0.452 e. The van der Waals surface area contributed by atoms with Crippen LogP contribution in [0.25, 0.3) is 0 Å². The molecule has 168 valence electrons. The van der Waals surface area contributed by atoms with Crippen LogP contribution < -0.4 is 5.73 Å². The predicted molar refractivity (Wildman–Crippen MR) is 117 cm³/mol. The van der Waals surface area contributed by atoms with Crippen LogP contribution in [0.3, 0.4) is 0 Å². The molecule has 0 radical (unpaired) electrons. The fourth-order valence-corrected chi connectivity index (χ4v) is 4.27. The van der Waals surface area contributed by atoms with Crippen molar-refractivity contribution in [2.24, 2.45) is 0 Å². The highest BCUT2D eigenvalue weighted by molar-refractivity contribution is 6.31. The van der Waals surface area contributed by atoms with E-state index in [4.69, 9.17) is 22.1 Å². The highest BCUT2D eigenvalue weighted by Gasteiger charge is 2.48. The number of nitrogens with zero attached hydrogens (tertiary/aromatic N) is 2. The molecule has 0 aromatic heterocycles. The Bertz CT molecular complexity index is 1090. The van der Waals surface area contributed by atoms with Crippen LogP contribution in [-0.2, 0) is 19.9 Å². The van der Waals surface area contributed by atoms with Gasteiger partial charge in [0.1, 0.15) is 5.54 Å². The van der Waals surface area contributed by atoms with Gasteiger partial charge in [-0.3, -0.25) is 19.7 Å². The summed E-state index contributed by atoms with van der Waals surface area (Å²) in [7, 11) is 1.48. The van der Waals surface area contributed by atoms with Crippen LogP contribution in [0.15, 0.2) is 42.5 Å². The van der Waals surface area contributed by atoms with Gasteiger partial charge < -0.3 is 15.4 Å². The van der Waals surface area contributed by atoms with Gasteiger partial charge in [0.05, 0.1) is 10.5 Å². The number of nitrogen functional groups attached to an aromatic ring is 1. The molecule has 1 unspecified atom stereocenters. The molecule has 9 nitrogen and oxygen atoms in total. The predicted octanol–water partition coefficient (Wildman–Crippen LogP) is 3.48. The molecule has 2 N–H and O–H groups in total. The van der Waals surface area contributed by atoms with Crippen molar-refractivity contribution < 1.29 is 24.0 Å². The van der Waals surface area contributed by atoms with Crippen molar-refractivity contribution in [1.82, 2.24) is 4.90 Å². The third-order valence-corrected chi connectivity index (χ3v) is 6.04. The van der Waals surface area contributed by atoms with Gasteiger partial charge in [-0.25, -0.2) is 4.79 Å². The Morgan fingerprint density at radius 1 is 1.25 bits per heavy atom. The number of carbonyl (C=O) groups is 3. The van der Waals surface area contributed by atoms with Crippen molar-refractivity contribution in [3.8, 4) is 0 Å². The number of ketones is 1. The summed E-state index contributed by atoms with van der Waals surface area (Å²) in [6.45, 7) is -0.670. The van der Waals surface area contributed by atoms with Gasteiger partial charge in [-0.05, 0) is 31.4 Å². The van der Waals surface area contributed by atoms with Crippen LogP contribution in [0.4, 0.5) is 11.4 Å². The summed E-state index contributed by atoms with van der Waals surface area (Å²) in [5.74, 6) is -1.73. The van der Waals surface area contributed by atoms with Crippen molar-refractivity contribution >= 4 is 40.6 Å². The smallest absolute Gasteiger partial charge is 0.341 e. The van der Waals surface area contributed by atoms with E-state index in [0.717, 1.165) is 18.6 Å². The Hall–Kier alpha value is -3.46. The maximum absolute atomic E-state index is 13.1. The number of halogens is 1. The summed E-state index contributed by atoms with van der Waals surface area (Å²) in [5, 5.41) is 11.3. The summed E-state index contributed by atoms with van der Waals surface area (Å²) in [4.78, 5) is 50.1.